The summed E-state index contributed by atoms with van der Waals surface area (Å²) in [6, 6.07) is 6.34. The molecule has 0 aliphatic rings. The molecule has 0 bridgehead atoms. The molecule has 128 valence electrons. The minimum Gasteiger partial charge on any atom is -0.452 e. The van der Waals surface area contributed by atoms with Crippen LogP contribution in [0.2, 0.25) is 14.4 Å². The summed E-state index contributed by atoms with van der Waals surface area (Å²) < 4.78 is 5.64. The number of rotatable bonds is 5. The number of halogens is 3. The predicted octanol–water partition coefficient (Wildman–Crippen LogP) is 4.11. The Morgan fingerprint density at radius 2 is 1.96 bits per heavy atom. The van der Waals surface area contributed by atoms with Crippen LogP contribution in [0, 0.1) is 0 Å². The molecule has 9 heteroatoms. The average Bonchev–Trinajstić information content (AvgIpc) is 2.93. The van der Waals surface area contributed by atoms with Crippen LogP contribution in [0.4, 0.5) is 5.69 Å². The van der Waals surface area contributed by atoms with Gasteiger partial charge in [-0.2, -0.15) is 0 Å². The number of nitrogens with zero attached hydrogens (tertiary/aromatic N) is 1. The highest BCUT2D eigenvalue weighted by Crippen LogP contribution is 2.28. The van der Waals surface area contributed by atoms with Crippen molar-refractivity contribution in [3.05, 3.63) is 49.1 Å². The summed E-state index contributed by atoms with van der Waals surface area (Å²) in [6.45, 7) is -0.0447. The van der Waals surface area contributed by atoms with Crippen LogP contribution >= 0.6 is 46.1 Å². The van der Waals surface area contributed by atoms with Crippen LogP contribution < -0.4 is 5.73 Å². The molecule has 1 aromatic heterocycles. The Balaban J connectivity index is 1.95. The van der Waals surface area contributed by atoms with Gasteiger partial charge in [0.25, 0.3) is 5.91 Å². The third kappa shape index (κ3) is 4.77. The summed E-state index contributed by atoms with van der Waals surface area (Å²) in [4.78, 5) is 26.5. The van der Waals surface area contributed by atoms with Crippen molar-refractivity contribution in [2.24, 2.45) is 0 Å². The molecule has 2 aromatic rings. The number of hydrogen-bond acceptors (Lipinski definition) is 5. The number of likely N-dealkylation sites (N-methyl/N-ethyl adjacent to an activating group) is 1. The van der Waals surface area contributed by atoms with Crippen molar-refractivity contribution in [2.75, 3.05) is 19.4 Å². The zero-order valence-corrected chi connectivity index (χ0v) is 15.6. The summed E-state index contributed by atoms with van der Waals surface area (Å²) in [7, 11) is 1.61. The van der Waals surface area contributed by atoms with Gasteiger partial charge in [-0.25, -0.2) is 4.79 Å². The van der Waals surface area contributed by atoms with Crippen LogP contribution in [-0.4, -0.2) is 30.4 Å². The Labute approximate surface area is 157 Å². The van der Waals surface area contributed by atoms with Crippen molar-refractivity contribution in [3.8, 4) is 0 Å². The van der Waals surface area contributed by atoms with Crippen molar-refractivity contribution >= 4 is 63.7 Å². The molecule has 0 unspecified atom stereocenters. The molecule has 0 atom stereocenters. The first-order valence-corrected chi connectivity index (χ1v) is 8.62. The van der Waals surface area contributed by atoms with Crippen molar-refractivity contribution in [1.29, 1.82) is 0 Å². The molecule has 1 amide bonds. The van der Waals surface area contributed by atoms with Crippen LogP contribution in [-0.2, 0) is 16.1 Å². The first-order valence-electron chi connectivity index (χ1n) is 6.67. The number of anilines is 1. The molecule has 0 spiro atoms. The smallest absolute Gasteiger partial charge is 0.340 e. The van der Waals surface area contributed by atoms with Crippen molar-refractivity contribution in [2.45, 2.75) is 6.54 Å². The molecular formula is C15H13Cl3N2O3S. The van der Waals surface area contributed by atoms with Crippen LogP contribution in [0.25, 0.3) is 0 Å². The molecule has 5 nitrogen and oxygen atoms in total. The summed E-state index contributed by atoms with van der Waals surface area (Å²) in [6.07, 6.45) is 0. The molecule has 1 aromatic carbocycles. The lowest BCUT2D eigenvalue weighted by Gasteiger charge is -2.16. The average molecular weight is 408 g/mol. The van der Waals surface area contributed by atoms with Crippen LogP contribution in [0.3, 0.4) is 0 Å². The standard InChI is InChI=1S/C15H13Cl3N2O3S/c1-20(6-9-2-3-12(18)24-9)13(21)7-23-15(22)10-4-8(16)5-11(17)14(10)19/h2-5H,6-7,19H2,1H3. The van der Waals surface area contributed by atoms with E-state index in [2.05, 4.69) is 0 Å². The number of nitrogen functional groups attached to an aromatic ring is 1. The lowest BCUT2D eigenvalue weighted by Crippen LogP contribution is -2.30. The van der Waals surface area contributed by atoms with E-state index in [1.165, 1.54) is 28.4 Å². The van der Waals surface area contributed by atoms with Gasteiger partial charge in [-0.1, -0.05) is 34.8 Å². The van der Waals surface area contributed by atoms with Crippen LogP contribution in [0.1, 0.15) is 15.2 Å². The molecule has 0 radical (unpaired) electrons. The molecular weight excluding hydrogens is 395 g/mol. The largest absolute Gasteiger partial charge is 0.452 e. The fourth-order valence-electron chi connectivity index (χ4n) is 1.83. The maximum absolute atomic E-state index is 12.1. The van der Waals surface area contributed by atoms with Gasteiger partial charge in [0.05, 0.1) is 27.2 Å². The first-order chi connectivity index (χ1) is 11.3. The van der Waals surface area contributed by atoms with Gasteiger partial charge in [-0.3, -0.25) is 4.79 Å². The van der Waals surface area contributed by atoms with Crippen molar-refractivity contribution in [1.82, 2.24) is 4.90 Å². The van der Waals surface area contributed by atoms with E-state index in [1.807, 2.05) is 6.07 Å². The molecule has 0 fully saturated rings. The van der Waals surface area contributed by atoms with Gasteiger partial charge in [0.2, 0.25) is 0 Å². The minimum absolute atomic E-state index is 0.0213. The van der Waals surface area contributed by atoms with Gasteiger partial charge < -0.3 is 15.4 Å². The molecule has 0 saturated heterocycles. The second-order valence-electron chi connectivity index (χ2n) is 4.88. The Hall–Kier alpha value is -1.47. The van der Waals surface area contributed by atoms with Crippen molar-refractivity contribution in [3.63, 3.8) is 0 Å². The summed E-state index contributed by atoms with van der Waals surface area (Å²) in [5.41, 5.74) is 5.80. The van der Waals surface area contributed by atoms with Gasteiger partial charge in [-0.05, 0) is 24.3 Å². The number of amides is 1. The maximum atomic E-state index is 12.1. The van der Waals surface area contributed by atoms with Gasteiger partial charge in [-0.15, -0.1) is 11.3 Å². The molecule has 24 heavy (non-hydrogen) atoms. The Morgan fingerprint density at radius 1 is 1.25 bits per heavy atom. The molecule has 0 saturated carbocycles. The number of ether oxygens (including phenoxy) is 1. The number of carbonyl (C=O) groups is 2. The van der Waals surface area contributed by atoms with E-state index in [0.29, 0.717) is 10.9 Å². The highest BCUT2D eigenvalue weighted by molar-refractivity contribution is 7.16. The Bertz CT molecular complexity index is 779. The zero-order chi connectivity index (χ0) is 17.9. The van der Waals surface area contributed by atoms with Crippen LogP contribution in [0.15, 0.2) is 24.3 Å². The monoisotopic (exact) mass is 406 g/mol. The molecule has 1 heterocycles. The van der Waals surface area contributed by atoms with E-state index < -0.39 is 12.6 Å². The summed E-state index contributed by atoms with van der Waals surface area (Å²) >= 11 is 18.9. The molecule has 2 N–H and O–H groups in total. The quantitative estimate of drug-likeness (QED) is 0.598. The molecule has 0 aliphatic heterocycles. The third-order valence-electron chi connectivity index (χ3n) is 3.09. The van der Waals surface area contributed by atoms with Crippen molar-refractivity contribution < 1.29 is 14.3 Å². The number of carbonyl (C=O) groups excluding carboxylic acids is 2. The van der Waals surface area contributed by atoms with Gasteiger partial charge in [0.1, 0.15) is 0 Å². The normalized spacial score (nSPS) is 10.5. The fraction of sp³-hybridized carbons (Fsp3) is 0.200. The van der Waals surface area contributed by atoms with E-state index in [4.69, 9.17) is 45.3 Å². The fourth-order valence-corrected chi connectivity index (χ4v) is 3.46. The third-order valence-corrected chi connectivity index (χ3v) is 4.84. The van der Waals surface area contributed by atoms with E-state index >= 15 is 0 Å². The second kappa shape index (κ2) is 8.07. The number of thiophene rings is 1. The Kier molecular flexibility index (Phi) is 6.34. The summed E-state index contributed by atoms with van der Waals surface area (Å²) in [5.74, 6) is -1.13. The van der Waals surface area contributed by atoms with Gasteiger partial charge in [0.15, 0.2) is 6.61 Å². The van der Waals surface area contributed by atoms with E-state index in [1.54, 1.807) is 13.1 Å². The number of benzene rings is 1. The highest BCUT2D eigenvalue weighted by Gasteiger charge is 2.18. The number of nitrogens with two attached hydrogens (primary N) is 1. The van der Waals surface area contributed by atoms with E-state index in [-0.39, 0.29) is 27.2 Å². The number of esters is 1. The lowest BCUT2D eigenvalue weighted by atomic mass is 10.2. The molecule has 2 rings (SSSR count). The predicted molar refractivity (Wildman–Crippen MR) is 97.0 cm³/mol. The van der Waals surface area contributed by atoms with Crippen LogP contribution in [0.5, 0.6) is 0 Å². The van der Waals surface area contributed by atoms with E-state index in [9.17, 15) is 9.59 Å². The minimum atomic E-state index is -0.766. The molecule has 0 aliphatic carbocycles. The zero-order valence-electron chi connectivity index (χ0n) is 12.5. The van der Waals surface area contributed by atoms with Gasteiger partial charge >= 0.3 is 5.97 Å². The number of hydrogen-bond donors (Lipinski definition) is 1. The first kappa shape index (κ1) is 18.9. The maximum Gasteiger partial charge on any atom is 0.340 e. The van der Waals surface area contributed by atoms with E-state index in [0.717, 1.165) is 4.88 Å². The topological polar surface area (TPSA) is 72.6 Å². The Morgan fingerprint density at radius 3 is 2.58 bits per heavy atom. The highest BCUT2D eigenvalue weighted by atomic mass is 35.5. The SMILES string of the molecule is CN(Cc1ccc(Cl)s1)C(=O)COC(=O)c1cc(Cl)cc(Cl)c1N. The van der Waals surface area contributed by atoms with Gasteiger partial charge in [0, 0.05) is 16.9 Å². The lowest BCUT2D eigenvalue weighted by molar-refractivity contribution is -0.133. The second-order valence-corrected chi connectivity index (χ2v) is 7.52. The summed E-state index contributed by atoms with van der Waals surface area (Å²) in [5, 5.41) is 0.395.